The largest absolute Gasteiger partial charge is 0.493 e. The molecule has 3 heterocycles. The first-order chi connectivity index (χ1) is 18.0. The molecule has 1 aromatic heterocycles. The molecule has 1 amide bonds. The fourth-order valence-corrected chi connectivity index (χ4v) is 5.63. The van der Waals surface area contributed by atoms with Crippen LogP contribution < -0.4 is 25.4 Å². The van der Waals surface area contributed by atoms with Crippen molar-refractivity contribution >= 4 is 40.4 Å². The van der Waals surface area contributed by atoms with Crippen molar-refractivity contribution in [2.24, 2.45) is 0 Å². The van der Waals surface area contributed by atoms with Crippen molar-refractivity contribution in [3.63, 3.8) is 0 Å². The number of para-hydroxylation sites is 1. The highest BCUT2D eigenvalue weighted by atomic mass is 35.5. The van der Waals surface area contributed by atoms with Crippen LogP contribution in [0.25, 0.3) is 0 Å². The molecule has 10 heteroatoms. The van der Waals surface area contributed by atoms with Gasteiger partial charge in [0.05, 0.1) is 35.7 Å². The van der Waals surface area contributed by atoms with Crippen molar-refractivity contribution in [2.45, 2.75) is 56.7 Å². The van der Waals surface area contributed by atoms with Gasteiger partial charge in [0.2, 0.25) is 0 Å². The Labute approximate surface area is 227 Å². The third-order valence-corrected chi connectivity index (χ3v) is 7.79. The molecule has 2 aromatic rings. The molecule has 1 saturated heterocycles. The van der Waals surface area contributed by atoms with Crippen molar-refractivity contribution < 1.29 is 19.0 Å². The van der Waals surface area contributed by atoms with Crippen molar-refractivity contribution in [1.82, 2.24) is 15.6 Å². The van der Waals surface area contributed by atoms with Crippen molar-refractivity contribution in [1.29, 1.82) is 0 Å². The lowest BCUT2D eigenvalue weighted by molar-refractivity contribution is -0.120. The maximum absolute atomic E-state index is 13.4. The summed E-state index contributed by atoms with van der Waals surface area (Å²) >= 11 is 12.0. The molecule has 37 heavy (non-hydrogen) atoms. The van der Waals surface area contributed by atoms with E-state index >= 15 is 0 Å². The lowest BCUT2D eigenvalue weighted by Crippen LogP contribution is -2.58. The van der Waals surface area contributed by atoms with Gasteiger partial charge in [-0.2, -0.15) is 0 Å². The zero-order valence-corrected chi connectivity index (χ0v) is 22.3. The predicted octanol–water partition coefficient (Wildman–Crippen LogP) is 4.53. The van der Waals surface area contributed by atoms with Gasteiger partial charge in [-0.05, 0) is 50.3 Å². The number of carbonyl (C=O) groups excluding carboxylic acids is 1. The average molecular weight is 543 g/mol. The number of nitrogens with one attached hydrogen (secondary N) is 3. The Hall–Kier alpha value is -2.88. The Morgan fingerprint density at radius 2 is 2.19 bits per heavy atom. The summed E-state index contributed by atoms with van der Waals surface area (Å²) in [6, 6.07) is 7.28. The van der Waals surface area contributed by atoms with Gasteiger partial charge in [-0.3, -0.25) is 9.78 Å². The van der Waals surface area contributed by atoms with Crippen LogP contribution in [0.4, 0.5) is 5.69 Å². The number of ether oxygens (including phenoxy) is 3. The van der Waals surface area contributed by atoms with Crippen LogP contribution in [0.2, 0.25) is 5.02 Å². The second-order valence-corrected chi connectivity index (χ2v) is 10.5. The van der Waals surface area contributed by atoms with Gasteiger partial charge < -0.3 is 30.2 Å². The highest BCUT2D eigenvalue weighted by molar-refractivity contribution is 7.81. The van der Waals surface area contributed by atoms with Crippen molar-refractivity contribution in [3.05, 3.63) is 58.5 Å². The van der Waals surface area contributed by atoms with Crippen molar-refractivity contribution in [2.75, 3.05) is 25.6 Å². The number of hydrogen-bond acceptors (Lipinski definition) is 7. The molecule has 8 nitrogen and oxygen atoms in total. The predicted molar refractivity (Wildman–Crippen MR) is 146 cm³/mol. The second-order valence-electron chi connectivity index (χ2n) is 9.68. The summed E-state index contributed by atoms with van der Waals surface area (Å²) in [6.07, 6.45) is 9.31. The van der Waals surface area contributed by atoms with E-state index in [1.165, 1.54) is 0 Å². The van der Waals surface area contributed by atoms with Gasteiger partial charge in [-0.25, -0.2) is 0 Å². The maximum Gasteiger partial charge on any atom is 0.256 e. The molecule has 1 aliphatic carbocycles. The van der Waals surface area contributed by atoms with Gasteiger partial charge >= 0.3 is 0 Å². The summed E-state index contributed by atoms with van der Waals surface area (Å²) in [7, 11) is 1.54. The minimum Gasteiger partial charge on any atom is -0.493 e. The third kappa shape index (κ3) is 5.68. The molecule has 0 bridgehead atoms. The second kappa shape index (κ2) is 11.2. The summed E-state index contributed by atoms with van der Waals surface area (Å²) in [5.74, 6) is 0.991. The van der Waals surface area contributed by atoms with E-state index in [4.69, 9.17) is 38.0 Å². The maximum atomic E-state index is 13.4. The molecule has 1 spiro atoms. The molecule has 5 rings (SSSR count). The average Bonchev–Trinajstić information content (AvgIpc) is 3.39. The molecular weight excluding hydrogens is 512 g/mol. The molecule has 196 valence electrons. The van der Waals surface area contributed by atoms with Gasteiger partial charge in [0.25, 0.3) is 5.91 Å². The van der Waals surface area contributed by atoms with Crippen LogP contribution >= 0.6 is 23.8 Å². The van der Waals surface area contributed by atoms with Crippen LogP contribution in [0.3, 0.4) is 0 Å². The quantitative estimate of drug-likeness (QED) is 0.398. The topological polar surface area (TPSA) is 93.7 Å². The van der Waals surface area contributed by atoms with E-state index in [0.717, 1.165) is 50.0 Å². The van der Waals surface area contributed by atoms with E-state index < -0.39 is 0 Å². The minimum atomic E-state index is -0.219. The van der Waals surface area contributed by atoms with Crippen LogP contribution in [0.5, 0.6) is 11.5 Å². The molecule has 1 atom stereocenters. The summed E-state index contributed by atoms with van der Waals surface area (Å²) in [5.41, 5.74) is 2.56. The fourth-order valence-electron chi connectivity index (χ4n) is 5.05. The molecule has 3 N–H and O–H groups in total. The lowest BCUT2D eigenvalue weighted by atomic mass is 9.71. The molecule has 1 saturated carbocycles. The molecular formula is C27H31ClN4O4S. The van der Waals surface area contributed by atoms with Gasteiger partial charge in [-0.1, -0.05) is 29.9 Å². The van der Waals surface area contributed by atoms with E-state index in [1.54, 1.807) is 31.6 Å². The van der Waals surface area contributed by atoms with E-state index in [1.807, 2.05) is 12.1 Å². The number of anilines is 1. The molecule has 0 radical (unpaired) electrons. The highest BCUT2D eigenvalue weighted by Gasteiger charge is 2.44. The minimum absolute atomic E-state index is 0.114. The molecule has 2 aliphatic heterocycles. The number of rotatable bonds is 9. The normalized spacial score (nSPS) is 20.3. The summed E-state index contributed by atoms with van der Waals surface area (Å²) in [4.78, 5) is 17.9. The fraction of sp³-hybridized carbons (Fsp3) is 0.444. The smallest absolute Gasteiger partial charge is 0.256 e. The number of pyridine rings is 1. The summed E-state index contributed by atoms with van der Waals surface area (Å²) in [5, 5.41) is 10.3. The molecule has 3 aliphatic rings. The van der Waals surface area contributed by atoms with Gasteiger partial charge in [0.15, 0.2) is 5.75 Å². The number of amides is 1. The Balaban J connectivity index is 1.37. The SMILES string of the molecule is COc1c(Cl)cccc1NC(=S)C1=C(NCc2ccncc2OC[C@@H]2CCCO2)CC2(CCC2)NC1=O. The van der Waals surface area contributed by atoms with Crippen LogP contribution in [0.15, 0.2) is 47.9 Å². The standard InChI is InChI=1S/C27H31ClN4O4S/c1-34-24-19(28)6-2-7-20(24)31-26(37)23-21(13-27(9-4-10-27)32-25(23)33)30-14-17-8-11-29-15-22(17)36-16-18-5-3-12-35-18/h2,6-8,11,15,18,30H,3-5,9-10,12-14,16H2,1H3,(H,31,37)(H,32,33)/t18-/m0/s1. The third-order valence-electron chi connectivity index (χ3n) is 7.19. The van der Waals surface area contributed by atoms with Gasteiger partial charge in [0.1, 0.15) is 17.3 Å². The number of carbonyl (C=O) groups is 1. The summed E-state index contributed by atoms with van der Waals surface area (Å²) in [6.45, 7) is 1.74. The summed E-state index contributed by atoms with van der Waals surface area (Å²) < 4.78 is 17.2. The van der Waals surface area contributed by atoms with E-state index in [-0.39, 0.29) is 17.6 Å². The zero-order chi connectivity index (χ0) is 25.8. The number of aromatic nitrogens is 1. The van der Waals surface area contributed by atoms with Gasteiger partial charge in [-0.15, -0.1) is 0 Å². The van der Waals surface area contributed by atoms with Crippen molar-refractivity contribution in [3.8, 4) is 11.5 Å². The molecule has 2 fully saturated rings. The first kappa shape index (κ1) is 25.8. The Morgan fingerprint density at radius 1 is 1.32 bits per heavy atom. The van der Waals surface area contributed by atoms with E-state index in [2.05, 4.69) is 20.9 Å². The lowest BCUT2D eigenvalue weighted by Gasteiger charge is -2.46. The van der Waals surface area contributed by atoms with Gasteiger partial charge in [0, 0.05) is 42.6 Å². The highest BCUT2D eigenvalue weighted by Crippen LogP contribution is 2.41. The number of halogens is 1. The number of thiocarbonyl (C=S) groups is 1. The first-order valence-corrected chi connectivity index (χ1v) is 13.4. The van der Waals surface area contributed by atoms with Crippen LogP contribution in [-0.4, -0.2) is 47.8 Å². The van der Waals surface area contributed by atoms with E-state index in [9.17, 15) is 4.79 Å². The molecule has 1 aromatic carbocycles. The van der Waals surface area contributed by atoms with Crippen LogP contribution in [0.1, 0.15) is 44.1 Å². The number of methoxy groups -OCH3 is 1. The Kier molecular flexibility index (Phi) is 7.83. The Morgan fingerprint density at radius 3 is 2.92 bits per heavy atom. The zero-order valence-electron chi connectivity index (χ0n) is 20.8. The van der Waals surface area contributed by atoms with Crippen LogP contribution in [-0.2, 0) is 16.1 Å². The number of hydrogen-bond donors (Lipinski definition) is 3. The van der Waals surface area contributed by atoms with Crippen LogP contribution in [0, 0.1) is 0 Å². The first-order valence-electron chi connectivity index (χ1n) is 12.6. The number of nitrogens with zero attached hydrogens (tertiary/aromatic N) is 1. The van der Waals surface area contributed by atoms with E-state index in [0.29, 0.717) is 52.3 Å². The Bertz CT molecular complexity index is 1210. The number of benzene rings is 1. The monoisotopic (exact) mass is 542 g/mol. The molecule has 0 unspecified atom stereocenters.